The standard InChI is InChI=1S/C14H13BrN4O2.C14H9ClF3N3O4/c15-9-3-1-2-4-10(9)18-14(21)19-11-6-5-8(13(16)17)7-12(11)20;15-8-5-4-7(14(16,17)18)6-10(8)20-13(23)19-9-2-1-3-11(12(9)22)21(24)25/h1-7,20H,(H3,16,17)(H2,18,19,21);1-6,22H,(H2,19,20,23). The Morgan fingerprint density at radius 2 is 1.43 bits per heavy atom. The van der Waals surface area contributed by atoms with Crippen LogP contribution in [-0.4, -0.2) is 33.0 Å². The van der Waals surface area contributed by atoms with E-state index >= 15 is 0 Å². The molecular formula is C28H22BrClF3N7O6. The molecule has 4 rings (SSSR count). The number of amides is 4. The Balaban J connectivity index is 0.000000254. The molecule has 18 heteroatoms. The van der Waals surface area contributed by atoms with Gasteiger partial charge in [0.05, 0.1) is 38.3 Å². The normalized spacial score (nSPS) is 10.5. The van der Waals surface area contributed by atoms with Crippen molar-refractivity contribution in [1.29, 1.82) is 5.41 Å². The van der Waals surface area contributed by atoms with Crippen LogP contribution in [0.15, 0.2) is 83.3 Å². The topological polar surface area (TPSA) is 216 Å². The fourth-order valence-electron chi connectivity index (χ4n) is 3.50. The lowest BCUT2D eigenvalue weighted by atomic mass is 10.2. The van der Waals surface area contributed by atoms with Crippen LogP contribution in [0.1, 0.15) is 11.1 Å². The molecule has 13 nitrogen and oxygen atoms in total. The number of carbonyl (C=O) groups is 2. The number of urea groups is 2. The number of hydrogen-bond acceptors (Lipinski definition) is 7. The lowest BCUT2D eigenvalue weighted by Crippen LogP contribution is -2.20. The third kappa shape index (κ3) is 9.47. The van der Waals surface area contributed by atoms with Gasteiger partial charge in [0, 0.05) is 16.1 Å². The monoisotopic (exact) mass is 723 g/mol. The molecular weight excluding hydrogens is 703 g/mol. The summed E-state index contributed by atoms with van der Waals surface area (Å²) < 4.78 is 38.8. The quantitative estimate of drug-likeness (QED) is 0.0326. The first-order valence-corrected chi connectivity index (χ1v) is 13.6. The van der Waals surface area contributed by atoms with Crippen LogP contribution < -0.4 is 27.0 Å². The van der Waals surface area contributed by atoms with E-state index in [9.17, 15) is 43.1 Å². The molecule has 46 heavy (non-hydrogen) atoms. The molecule has 0 atom stereocenters. The molecule has 9 N–H and O–H groups in total. The minimum atomic E-state index is -4.63. The number of benzene rings is 4. The zero-order valence-corrected chi connectivity index (χ0v) is 25.3. The predicted molar refractivity (Wildman–Crippen MR) is 170 cm³/mol. The number of nitro groups is 1. The number of amidine groups is 1. The first-order valence-electron chi connectivity index (χ1n) is 12.5. The van der Waals surface area contributed by atoms with Crippen LogP contribution >= 0.6 is 27.5 Å². The van der Waals surface area contributed by atoms with Crippen molar-refractivity contribution in [3.63, 3.8) is 0 Å². The summed E-state index contributed by atoms with van der Waals surface area (Å²) in [6, 6.07) is 15.7. The van der Waals surface area contributed by atoms with E-state index in [1.54, 1.807) is 18.2 Å². The molecule has 0 bridgehead atoms. The van der Waals surface area contributed by atoms with Gasteiger partial charge in [-0.1, -0.05) is 29.8 Å². The Labute approximate surface area is 271 Å². The summed E-state index contributed by atoms with van der Waals surface area (Å²) in [7, 11) is 0. The van der Waals surface area contributed by atoms with Crippen molar-refractivity contribution >= 4 is 73.9 Å². The Hall–Kier alpha value is -5.55. The molecule has 0 spiro atoms. The maximum atomic E-state index is 12.7. The second-order valence-corrected chi connectivity index (χ2v) is 10.2. The van der Waals surface area contributed by atoms with Gasteiger partial charge in [0.15, 0.2) is 0 Å². The van der Waals surface area contributed by atoms with Gasteiger partial charge >= 0.3 is 23.9 Å². The molecule has 0 aliphatic carbocycles. The zero-order chi connectivity index (χ0) is 34.2. The maximum absolute atomic E-state index is 12.7. The smallest absolute Gasteiger partial charge is 0.416 e. The highest BCUT2D eigenvalue weighted by Crippen LogP contribution is 2.35. The Morgan fingerprint density at radius 3 is 2.02 bits per heavy atom. The van der Waals surface area contributed by atoms with Crippen molar-refractivity contribution in [2.45, 2.75) is 6.18 Å². The average molecular weight is 725 g/mol. The number of para-hydroxylation sites is 2. The van der Waals surface area contributed by atoms with Crippen LogP contribution in [0, 0.1) is 15.5 Å². The van der Waals surface area contributed by atoms with E-state index in [1.807, 2.05) is 6.07 Å². The molecule has 4 aromatic rings. The van der Waals surface area contributed by atoms with Gasteiger partial charge < -0.3 is 37.2 Å². The van der Waals surface area contributed by atoms with Crippen molar-refractivity contribution in [1.82, 2.24) is 0 Å². The number of phenolic OH excluding ortho intramolecular Hbond substituents is 2. The molecule has 0 aromatic heterocycles. The number of nitrogens with two attached hydrogens (primary N) is 1. The Morgan fingerprint density at radius 1 is 0.848 bits per heavy atom. The number of anilines is 4. The van der Waals surface area contributed by atoms with Crippen LogP contribution in [-0.2, 0) is 6.18 Å². The minimum absolute atomic E-state index is 0.147. The summed E-state index contributed by atoms with van der Waals surface area (Å²) in [4.78, 5) is 33.6. The number of nitrogen functional groups attached to an aromatic ring is 1. The van der Waals surface area contributed by atoms with E-state index in [0.29, 0.717) is 17.3 Å². The second-order valence-electron chi connectivity index (χ2n) is 8.91. The molecule has 0 radical (unpaired) electrons. The zero-order valence-electron chi connectivity index (χ0n) is 22.9. The van der Waals surface area contributed by atoms with Gasteiger partial charge in [0.2, 0.25) is 5.75 Å². The van der Waals surface area contributed by atoms with E-state index in [4.69, 9.17) is 22.7 Å². The van der Waals surface area contributed by atoms with Crippen LogP contribution in [0.4, 0.5) is 51.2 Å². The average Bonchev–Trinajstić information content (AvgIpc) is 2.97. The van der Waals surface area contributed by atoms with Gasteiger partial charge in [-0.3, -0.25) is 15.5 Å². The maximum Gasteiger partial charge on any atom is 0.416 e. The molecule has 240 valence electrons. The summed E-state index contributed by atoms with van der Waals surface area (Å²) >= 11 is 9.06. The Kier molecular flexibility index (Phi) is 11.4. The van der Waals surface area contributed by atoms with Gasteiger partial charge in [-0.15, -0.1) is 0 Å². The number of nitrogens with one attached hydrogen (secondary N) is 5. The second kappa shape index (κ2) is 15.0. The fraction of sp³-hybridized carbons (Fsp3) is 0.0357. The predicted octanol–water partition coefficient (Wildman–Crippen LogP) is 7.70. The number of hydrogen-bond donors (Lipinski definition) is 8. The van der Waals surface area contributed by atoms with E-state index in [0.717, 1.165) is 22.7 Å². The summed E-state index contributed by atoms with van der Waals surface area (Å²) in [5.74, 6) is -1.11. The van der Waals surface area contributed by atoms with Gasteiger partial charge in [-0.05, 0) is 70.5 Å². The highest BCUT2D eigenvalue weighted by Gasteiger charge is 2.31. The van der Waals surface area contributed by atoms with E-state index in [2.05, 4.69) is 37.2 Å². The van der Waals surface area contributed by atoms with Crippen LogP contribution in [0.2, 0.25) is 5.02 Å². The van der Waals surface area contributed by atoms with Crippen molar-refractivity contribution in [3.05, 3.63) is 110 Å². The number of phenols is 2. The molecule has 0 unspecified atom stereocenters. The van der Waals surface area contributed by atoms with Crippen molar-refractivity contribution in [2.24, 2.45) is 5.73 Å². The third-order valence-corrected chi connectivity index (χ3v) is 6.70. The number of alkyl halides is 3. The number of aromatic hydroxyl groups is 2. The Bertz CT molecular complexity index is 1810. The number of nitro benzene ring substituents is 1. The highest BCUT2D eigenvalue weighted by molar-refractivity contribution is 9.10. The van der Waals surface area contributed by atoms with Gasteiger partial charge in [0.1, 0.15) is 11.6 Å². The largest absolute Gasteiger partial charge is 0.506 e. The molecule has 0 heterocycles. The highest BCUT2D eigenvalue weighted by atomic mass is 79.9. The van der Waals surface area contributed by atoms with Crippen LogP contribution in [0.3, 0.4) is 0 Å². The fourth-order valence-corrected chi connectivity index (χ4v) is 4.04. The van der Waals surface area contributed by atoms with E-state index in [-0.39, 0.29) is 33.7 Å². The number of rotatable bonds is 6. The minimum Gasteiger partial charge on any atom is -0.506 e. The number of nitrogens with zero attached hydrogens (tertiary/aromatic N) is 1. The van der Waals surface area contributed by atoms with Gasteiger partial charge in [-0.2, -0.15) is 13.2 Å². The molecule has 0 fully saturated rings. The lowest BCUT2D eigenvalue weighted by Gasteiger charge is -2.12. The van der Waals surface area contributed by atoms with Crippen LogP contribution in [0.5, 0.6) is 11.5 Å². The number of halogens is 5. The molecule has 0 aliphatic rings. The van der Waals surface area contributed by atoms with Crippen molar-refractivity contribution in [3.8, 4) is 11.5 Å². The first kappa shape index (κ1) is 34.9. The van der Waals surface area contributed by atoms with Crippen molar-refractivity contribution < 1.29 is 37.9 Å². The van der Waals surface area contributed by atoms with Gasteiger partial charge in [0.25, 0.3) is 0 Å². The molecule has 0 saturated heterocycles. The summed E-state index contributed by atoms with van der Waals surface area (Å²) in [5.41, 5.74) is 4.25. The summed E-state index contributed by atoms with van der Waals surface area (Å²) in [6.07, 6.45) is -4.63. The van der Waals surface area contributed by atoms with E-state index in [1.165, 1.54) is 30.3 Å². The molecule has 4 amide bonds. The third-order valence-electron chi connectivity index (χ3n) is 5.68. The molecule has 4 aromatic carbocycles. The van der Waals surface area contributed by atoms with Gasteiger partial charge in [-0.25, -0.2) is 9.59 Å². The molecule has 0 aliphatic heterocycles. The first-order chi connectivity index (χ1) is 21.6. The molecule has 0 saturated carbocycles. The summed E-state index contributed by atoms with van der Waals surface area (Å²) in [5, 5.41) is 46.7. The van der Waals surface area contributed by atoms with Crippen molar-refractivity contribution in [2.75, 3.05) is 21.3 Å². The SMILES string of the molecule is N=C(N)c1ccc(NC(=O)Nc2ccccc2Br)c(O)c1.O=C(Nc1cc(C(F)(F)F)ccc1Cl)Nc1cccc([N+](=O)[O-])c1O. The lowest BCUT2D eigenvalue weighted by molar-refractivity contribution is -0.385. The van der Waals surface area contributed by atoms with Crippen LogP contribution in [0.25, 0.3) is 0 Å². The summed E-state index contributed by atoms with van der Waals surface area (Å²) in [6.45, 7) is 0. The van der Waals surface area contributed by atoms with E-state index < -0.39 is 40.2 Å². The number of carbonyl (C=O) groups excluding carboxylic acids is 2.